The second kappa shape index (κ2) is 5.93. The average molecular weight is 266 g/mol. The highest BCUT2D eigenvalue weighted by Gasteiger charge is 2.49. The van der Waals surface area contributed by atoms with Crippen LogP contribution < -0.4 is 5.32 Å². The Balaban J connectivity index is 2.06. The van der Waals surface area contributed by atoms with Gasteiger partial charge in [0.05, 0.1) is 0 Å². The van der Waals surface area contributed by atoms with Crippen molar-refractivity contribution in [1.29, 1.82) is 0 Å². The summed E-state index contributed by atoms with van der Waals surface area (Å²) < 4.78 is 0. The minimum atomic E-state index is -0.575. The maximum Gasteiger partial charge on any atom is 0.325 e. The number of imide groups is 1. The van der Waals surface area contributed by atoms with E-state index in [1.165, 1.54) is 24.2 Å². The van der Waals surface area contributed by atoms with E-state index in [4.69, 9.17) is 0 Å². The van der Waals surface area contributed by atoms with Crippen molar-refractivity contribution in [3.63, 3.8) is 0 Å². The fourth-order valence-corrected chi connectivity index (χ4v) is 3.11. The smallest absolute Gasteiger partial charge is 0.323 e. The zero-order valence-corrected chi connectivity index (χ0v) is 12.2. The number of rotatable bonds is 3. The van der Waals surface area contributed by atoms with Crippen LogP contribution in [0.15, 0.2) is 0 Å². The van der Waals surface area contributed by atoms with Crippen molar-refractivity contribution in [2.45, 2.75) is 70.8 Å². The maximum atomic E-state index is 12.6. The molecular weight excluding hydrogens is 240 g/mol. The Bertz CT molecular complexity index is 344. The van der Waals surface area contributed by atoms with Crippen molar-refractivity contribution in [2.24, 2.45) is 5.92 Å². The van der Waals surface area contributed by atoms with Crippen LogP contribution in [0.25, 0.3) is 0 Å². The van der Waals surface area contributed by atoms with Gasteiger partial charge in [0.25, 0.3) is 5.91 Å². The monoisotopic (exact) mass is 266 g/mol. The van der Waals surface area contributed by atoms with Gasteiger partial charge in [0.1, 0.15) is 5.54 Å². The highest BCUT2D eigenvalue weighted by molar-refractivity contribution is 6.07. The first-order valence-corrected chi connectivity index (χ1v) is 7.69. The predicted octanol–water partition coefficient (Wildman–Crippen LogP) is 3.07. The quantitative estimate of drug-likeness (QED) is 0.798. The Morgan fingerprint density at radius 2 is 1.68 bits per heavy atom. The molecule has 1 N–H and O–H groups in total. The molecular formula is C15H26N2O2. The van der Waals surface area contributed by atoms with Crippen LogP contribution in [0.2, 0.25) is 0 Å². The Morgan fingerprint density at radius 3 is 2.26 bits per heavy atom. The van der Waals surface area contributed by atoms with E-state index in [-0.39, 0.29) is 11.9 Å². The van der Waals surface area contributed by atoms with Crippen molar-refractivity contribution in [3.05, 3.63) is 0 Å². The Morgan fingerprint density at radius 1 is 1.11 bits per heavy atom. The summed E-state index contributed by atoms with van der Waals surface area (Å²) >= 11 is 0. The van der Waals surface area contributed by atoms with E-state index >= 15 is 0 Å². The van der Waals surface area contributed by atoms with Crippen molar-refractivity contribution >= 4 is 11.9 Å². The maximum absolute atomic E-state index is 12.6. The molecule has 4 heteroatoms. The molecule has 108 valence electrons. The van der Waals surface area contributed by atoms with E-state index in [2.05, 4.69) is 19.2 Å². The third kappa shape index (κ3) is 3.10. The van der Waals surface area contributed by atoms with E-state index in [1.807, 2.05) is 0 Å². The third-order valence-electron chi connectivity index (χ3n) is 4.38. The molecule has 1 saturated carbocycles. The molecule has 1 aliphatic carbocycles. The molecule has 0 unspecified atom stereocenters. The fourth-order valence-electron chi connectivity index (χ4n) is 3.11. The van der Waals surface area contributed by atoms with E-state index in [1.54, 1.807) is 0 Å². The molecule has 0 aromatic heterocycles. The van der Waals surface area contributed by atoms with Gasteiger partial charge in [-0.3, -0.25) is 9.69 Å². The van der Waals surface area contributed by atoms with Gasteiger partial charge in [-0.2, -0.15) is 0 Å². The lowest BCUT2D eigenvalue weighted by Gasteiger charge is -2.28. The lowest BCUT2D eigenvalue weighted by atomic mass is 9.84. The van der Waals surface area contributed by atoms with Crippen LogP contribution in [0.4, 0.5) is 4.79 Å². The number of urea groups is 1. The number of hydrogen-bond donors (Lipinski definition) is 1. The SMILES string of the molecule is CC(C)CCN1C(=O)NC2(CCCCCCC2)C1=O. The van der Waals surface area contributed by atoms with Crippen LogP contribution >= 0.6 is 0 Å². The van der Waals surface area contributed by atoms with Crippen molar-refractivity contribution in [2.75, 3.05) is 6.54 Å². The molecule has 1 spiro atoms. The zero-order valence-electron chi connectivity index (χ0n) is 12.2. The van der Waals surface area contributed by atoms with Crippen molar-refractivity contribution in [3.8, 4) is 0 Å². The van der Waals surface area contributed by atoms with Crippen LogP contribution in [-0.2, 0) is 4.79 Å². The van der Waals surface area contributed by atoms with Gasteiger partial charge < -0.3 is 5.32 Å². The molecule has 1 heterocycles. The molecule has 0 atom stereocenters. The van der Waals surface area contributed by atoms with Crippen LogP contribution in [0.1, 0.15) is 65.2 Å². The zero-order chi connectivity index (χ0) is 13.9. The Labute approximate surface area is 115 Å². The first kappa shape index (κ1) is 14.4. The van der Waals surface area contributed by atoms with Gasteiger partial charge in [0.2, 0.25) is 0 Å². The fraction of sp³-hybridized carbons (Fsp3) is 0.867. The molecule has 2 aliphatic rings. The first-order valence-electron chi connectivity index (χ1n) is 7.69. The number of hydrogen-bond acceptors (Lipinski definition) is 2. The van der Waals surface area contributed by atoms with Gasteiger partial charge >= 0.3 is 6.03 Å². The van der Waals surface area contributed by atoms with E-state index in [9.17, 15) is 9.59 Å². The van der Waals surface area contributed by atoms with E-state index < -0.39 is 5.54 Å². The molecule has 19 heavy (non-hydrogen) atoms. The Hall–Kier alpha value is -1.06. The molecule has 1 aliphatic heterocycles. The number of nitrogens with one attached hydrogen (secondary N) is 1. The molecule has 0 aromatic carbocycles. The lowest BCUT2D eigenvalue weighted by Crippen LogP contribution is -2.47. The van der Waals surface area contributed by atoms with Gasteiger partial charge in [0, 0.05) is 6.54 Å². The van der Waals surface area contributed by atoms with Gasteiger partial charge in [0.15, 0.2) is 0 Å². The van der Waals surface area contributed by atoms with E-state index in [0.717, 1.165) is 32.1 Å². The topological polar surface area (TPSA) is 49.4 Å². The molecule has 4 nitrogen and oxygen atoms in total. The summed E-state index contributed by atoms with van der Waals surface area (Å²) in [5, 5.41) is 3.00. The predicted molar refractivity (Wildman–Crippen MR) is 74.7 cm³/mol. The third-order valence-corrected chi connectivity index (χ3v) is 4.38. The molecule has 3 amide bonds. The van der Waals surface area contributed by atoms with Crippen LogP contribution in [-0.4, -0.2) is 28.9 Å². The largest absolute Gasteiger partial charge is 0.325 e. The molecule has 0 radical (unpaired) electrons. The summed E-state index contributed by atoms with van der Waals surface area (Å²) in [6, 6.07) is -0.175. The lowest BCUT2D eigenvalue weighted by molar-refractivity contribution is -0.132. The second-order valence-corrected chi connectivity index (χ2v) is 6.42. The van der Waals surface area contributed by atoms with Crippen molar-refractivity contribution < 1.29 is 9.59 Å². The summed E-state index contributed by atoms with van der Waals surface area (Å²) in [6.07, 6.45) is 8.22. The van der Waals surface area contributed by atoms with Gasteiger partial charge in [-0.1, -0.05) is 46.0 Å². The second-order valence-electron chi connectivity index (χ2n) is 6.42. The Kier molecular flexibility index (Phi) is 4.48. The van der Waals surface area contributed by atoms with E-state index in [0.29, 0.717) is 12.5 Å². The highest BCUT2D eigenvalue weighted by atomic mass is 16.2. The molecule has 0 bridgehead atoms. The summed E-state index contributed by atoms with van der Waals surface area (Å²) in [5.74, 6) is 0.537. The van der Waals surface area contributed by atoms with Gasteiger partial charge in [-0.25, -0.2) is 4.79 Å². The van der Waals surface area contributed by atoms with Gasteiger partial charge in [-0.15, -0.1) is 0 Å². The highest BCUT2D eigenvalue weighted by Crippen LogP contribution is 2.32. The molecule has 2 rings (SSSR count). The van der Waals surface area contributed by atoms with Gasteiger partial charge in [-0.05, 0) is 25.2 Å². The average Bonchev–Trinajstić information content (AvgIpc) is 2.55. The van der Waals surface area contributed by atoms with Crippen LogP contribution in [0.5, 0.6) is 0 Å². The number of amides is 3. The summed E-state index contributed by atoms with van der Waals surface area (Å²) in [5.41, 5.74) is -0.575. The summed E-state index contributed by atoms with van der Waals surface area (Å²) in [4.78, 5) is 26.1. The van der Waals surface area contributed by atoms with Crippen molar-refractivity contribution in [1.82, 2.24) is 10.2 Å². The molecule has 1 saturated heterocycles. The summed E-state index contributed by atoms with van der Waals surface area (Å²) in [7, 11) is 0. The van der Waals surface area contributed by atoms with Crippen LogP contribution in [0.3, 0.4) is 0 Å². The minimum Gasteiger partial charge on any atom is -0.323 e. The first-order chi connectivity index (χ1) is 9.05. The number of carbonyl (C=O) groups excluding carboxylic acids is 2. The molecule has 0 aromatic rings. The number of nitrogens with zero attached hydrogens (tertiary/aromatic N) is 1. The van der Waals surface area contributed by atoms with Crippen LogP contribution in [0, 0.1) is 5.92 Å². The minimum absolute atomic E-state index is 0.0278. The molecule has 2 fully saturated rings. The normalized spacial score (nSPS) is 23.6. The summed E-state index contributed by atoms with van der Waals surface area (Å²) in [6.45, 7) is 4.79. The number of carbonyl (C=O) groups is 2. The standard InChI is InChI=1S/C15H26N2O2/c1-12(2)8-11-17-13(18)15(16-14(17)19)9-6-4-3-5-7-10-15/h12H,3-11H2,1-2H3,(H,16,19).